The van der Waals surface area contributed by atoms with E-state index in [1.807, 2.05) is 36.4 Å². The Morgan fingerprint density at radius 3 is 2.36 bits per heavy atom. The number of nitrogens with zero attached hydrogens (tertiary/aromatic N) is 1. The van der Waals surface area contributed by atoms with Crippen LogP contribution in [0.2, 0.25) is 5.02 Å². The van der Waals surface area contributed by atoms with Gasteiger partial charge in [-0.3, -0.25) is 14.4 Å². The van der Waals surface area contributed by atoms with E-state index in [-0.39, 0.29) is 48.9 Å². The summed E-state index contributed by atoms with van der Waals surface area (Å²) in [7, 11) is 2.92. The molecule has 2 aromatic carbocycles. The van der Waals surface area contributed by atoms with Crippen molar-refractivity contribution in [2.75, 3.05) is 14.2 Å². The van der Waals surface area contributed by atoms with Gasteiger partial charge in [0.1, 0.15) is 6.61 Å². The number of carbonyl (C=O) groups excluding carboxylic acids is 2. The Bertz CT molecular complexity index is 1250. The second-order valence-corrected chi connectivity index (χ2v) is 8.40. The highest BCUT2D eigenvalue weighted by Gasteiger charge is 2.26. The average molecular weight is 513 g/mol. The summed E-state index contributed by atoms with van der Waals surface area (Å²) in [6, 6.07) is 16.3. The van der Waals surface area contributed by atoms with Gasteiger partial charge in [-0.15, -0.1) is 0 Å². The summed E-state index contributed by atoms with van der Waals surface area (Å²) < 4.78 is 18.0. The number of Topliss-reactive ketones (excluding diaryl/α,β-unsaturated/α-hetero) is 1. The van der Waals surface area contributed by atoms with E-state index in [9.17, 15) is 14.4 Å². The van der Waals surface area contributed by atoms with Gasteiger partial charge in [0.2, 0.25) is 5.43 Å². The van der Waals surface area contributed by atoms with E-state index >= 15 is 0 Å². The Hall–Kier alpha value is -3.46. The van der Waals surface area contributed by atoms with Crippen LogP contribution in [0.15, 0.2) is 65.6 Å². The second-order valence-electron chi connectivity index (χ2n) is 7.97. The molecule has 0 fully saturated rings. The predicted molar refractivity (Wildman–Crippen MR) is 137 cm³/mol. The minimum Gasteiger partial charge on any atom is -0.483 e. The van der Waals surface area contributed by atoms with Crippen LogP contribution in [-0.4, -0.2) is 36.8 Å². The molecular formula is C27H29ClN2O6. The van der Waals surface area contributed by atoms with Crippen LogP contribution in [0, 0.1) is 0 Å². The normalized spacial score (nSPS) is 10.9. The van der Waals surface area contributed by atoms with Gasteiger partial charge in [-0.05, 0) is 23.3 Å². The maximum absolute atomic E-state index is 13.5. The van der Waals surface area contributed by atoms with Crippen LogP contribution < -0.4 is 15.5 Å². The third-order valence-corrected chi connectivity index (χ3v) is 5.75. The van der Waals surface area contributed by atoms with Gasteiger partial charge in [-0.2, -0.15) is 0 Å². The Kier molecular flexibility index (Phi) is 9.81. The zero-order valence-electron chi connectivity index (χ0n) is 20.5. The first-order valence-electron chi connectivity index (χ1n) is 11.4. The minimum absolute atomic E-state index is 0.0341. The zero-order valence-corrected chi connectivity index (χ0v) is 21.2. The molecule has 0 aliphatic carbocycles. The lowest BCUT2D eigenvalue weighted by atomic mass is 10.1. The molecule has 1 heterocycles. The predicted octanol–water partition coefficient (Wildman–Crippen LogP) is 4.22. The number of carbonyl (C=O) groups is 2. The molecule has 0 aliphatic heterocycles. The highest BCUT2D eigenvalue weighted by Crippen LogP contribution is 2.20. The molecule has 3 rings (SSSR count). The van der Waals surface area contributed by atoms with Crippen LogP contribution in [0.3, 0.4) is 0 Å². The van der Waals surface area contributed by atoms with Crippen molar-refractivity contribution in [2.24, 2.45) is 0 Å². The maximum Gasteiger partial charge on any atom is 0.272 e. The summed E-state index contributed by atoms with van der Waals surface area (Å²) in [6.45, 7) is 1.90. The lowest BCUT2D eigenvalue weighted by Gasteiger charge is -2.22. The van der Waals surface area contributed by atoms with E-state index in [4.69, 9.17) is 25.8 Å². The van der Waals surface area contributed by atoms with Crippen molar-refractivity contribution in [3.8, 4) is 5.75 Å². The number of benzene rings is 2. The molecule has 0 radical (unpaired) electrons. The Morgan fingerprint density at radius 2 is 1.72 bits per heavy atom. The third-order valence-electron chi connectivity index (χ3n) is 5.51. The highest BCUT2D eigenvalue weighted by atomic mass is 35.5. The van der Waals surface area contributed by atoms with Crippen molar-refractivity contribution in [3.63, 3.8) is 0 Å². The van der Waals surface area contributed by atoms with Crippen LogP contribution in [0.1, 0.15) is 45.3 Å². The van der Waals surface area contributed by atoms with Gasteiger partial charge in [0, 0.05) is 38.4 Å². The number of hydrogen-bond acceptors (Lipinski definition) is 6. The van der Waals surface area contributed by atoms with Crippen molar-refractivity contribution in [2.45, 2.75) is 39.3 Å². The molecule has 1 aromatic heterocycles. The van der Waals surface area contributed by atoms with Crippen molar-refractivity contribution in [3.05, 3.63) is 98.4 Å². The van der Waals surface area contributed by atoms with E-state index in [1.165, 1.54) is 25.0 Å². The molecule has 190 valence electrons. The number of aromatic nitrogens is 1. The molecule has 0 saturated carbocycles. The van der Waals surface area contributed by atoms with Gasteiger partial charge in [-0.1, -0.05) is 61.0 Å². The lowest BCUT2D eigenvalue weighted by Crippen LogP contribution is -2.34. The fourth-order valence-electron chi connectivity index (χ4n) is 3.59. The number of pyridine rings is 1. The Labute approximate surface area is 214 Å². The van der Waals surface area contributed by atoms with Crippen LogP contribution in [0.4, 0.5) is 0 Å². The van der Waals surface area contributed by atoms with Gasteiger partial charge in [0.25, 0.3) is 5.91 Å². The molecule has 1 N–H and O–H groups in total. The molecule has 36 heavy (non-hydrogen) atoms. The third kappa shape index (κ3) is 6.81. The molecule has 0 atom stereocenters. The van der Waals surface area contributed by atoms with Crippen LogP contribution in [-0.2, 0) is 29.2 Å². The summed E-state index contributed by atoms with van der Waals surface area (Å²) in [5.74, 6) is -1.14. The van der Waals surface area contributed by atoms with Crippen LogP contribution in [0.5, 0.6) is 5.75 Å². The molecule has 0 bridgehead atoms. The summed E-state index contributed by atoms with van der Waals surface area (Å²) >= 11 is 6.06. The molecule has 0 saturated heterocycles. The molecule has 0 unspecified atom stereocenters. The molecule has 8 nitrogen and oxygen atoms in total. The fourth-order valence-corrected chi connectivity index (χ4v) is 3.80. The minimum atomic E-state index is -0.737. The number of halogens is 1. The van der Waals surface area contributed by atoms with Crippen LogP contribution >= 0.6 is 11.6 Å². The largest absolute Gasteiger partial charge is 0.483 e. The van der Waals surface area contributed by atoms with Crippen molar-refractivity contribution in [1.29, 1.82) is 0 Å². The molecule has 9 heteroatoms. The SMILES string of the molecule is CCC(=O)c1cn(CC(OC)OC)c(C(=O)NCc2cccc(Cl)c2)c(OCc2ccccc2)c1=O. The number of nitrogens with one attached hydrogen (secondary N) is 1. The number of ketones is 1. The quantitative estimate of drug-likeness (QED) is 0.288. The van der Waals surface area contributed by atoms with Gasteiger partial charge < -0.3 is 24.1 Å². The van der Waals surface area contributed by atoms with Gasteiger partial charge in [0.15, 0.2) is 23.5 Å². The van der Waals surface area contributed by atoms with Gasteiger partial charge >= 0.3 is 0 Å². The molecule has 1 amide bonds. The lowest BCUT2D eigenvalue weighted by molar-refractivity contribution is -0.111. The number of methoxy groups -OCH3 is 2. The van der Waals surface area contributed by atoms with Crippen molar-refractivity contribution >= 4 is 23.3 Å². The zero-order chi connectivity index (χ0) is 26.1. The summed E-state index contributed by atoms with van der Waals surface area (Å²) in [6.07, 6.45) is 0.743. The standard InChI is InChI=1S/C27H29ClN2O6/c1-4-22(31)21-15-30(16-23(34-2)35-3)24(27(33)29-14-19-11-8-12-20(28)13-19)26(25(21)32)36-17-18-9-6-5-7-10-18/h5-13,15,23H,4,14,16-17H2,1-3H3,(H,29,33). The monoisotopic (exact) mass is 512 g/mol. The maximum atomic E-state index is 13.5. The van der Waals surface area contributed by atoms with Gasteiger partial charge in [0.05, 0.1) is 12.1 Å². The Morgan fingerprint density at radius 1 is 1.03 bits per heavy atom. The van der Waals surface area contributed by atoms with E-state index in [1.54, 1.807) is 25.1 Å². The average Bonchev–Trinajstić information content (AvgIpc) is 2.90. The van der Waals surface area contributed by atoms with E-state index in [0.29, 0.717) is 5.02 Å². The topological polar surface area (TPSA) is 95.9 Å². The number of amides is 1. The first kappa shape index (κ1) is 27.1. The first-order chi connectivity index (χ1) is 17.4. The summed E-state index contributed by atoms with van der Waals surface area (Å²) in [5, 5.41) is 3.35. The van der Waals surface area contributed by atoms with Gasteiger partial charge in [-0.25, -0.2) is 0 Å². The molecular weight excluding hydrogens is 484 g/mol. The van der Waals surface area contributed by atoms with Crippen molar-refractivity contribution < 1.29 is 23.8 Å². The number of rotatable bonds is 12. The molecule has 3 aromatic rings. The summed E-state index contributed by atoms with van der Waals surface area (Å²) in [4.78, 5) is 39.5. The van der Waals surface area contributed by atoms with E-state index in [2.05, 4.69) is 5.32 Å². The number of ether oxygens (including phenoxy) is 3. The molecule has 0 aliphatic rings. The number of hydrogen-bond donors (Lipinski definition) is 1. The molecule has 0 spiro atoms. The second kappa shape index (κ2) is 13.0. The van der Waals surface area contributed by atoms with E-state index < -0.39 is 17.6 Å². The summed E-state index contributed by atoms with van der Waals surface area (Å²) in [5.41, 5.74) is 0.824. The van der Waals surface area contributed by atoms with Crippen molar-refractivity contribution in [1.82, 2.24) is 9.88 Å². The highest BCUT2D eigenvalue weighted by molar-refractivity contribution is 6.30. The van der Waals surface area contributed by atoms with Crippen LogP contribution in [0.25, 0.3) is 0 Å². The smallest absolute Gasteiger partial charge is 0.272 e. The first-order valence-corrected chi connectivity index (χ1v) is 11.8. The fraction of sp³-hybridized carbons (Fsp3) is 0.296. The van der Waals surface area contributed by atoms with E-state index in [0.717, 1.165) is 11.1 Å². The Balaban J connectivity index is 2.08.